The van der Waals surface area contributed by atoms with Crippen LogP contribution in [0.3, 0.4) is 0 Å². The van der Waals surface area contributed by atoms with Crippen molar-refractivity contribution in [3.63, 3.8) is 0 Å². The third kappa shape index (κ3) is 3.28. The molecule has 1 rings (SSSR count). The van der Waals surface area contributed by atoms with E-state index in [9.17, 15) is 0 Å². The van der Waals surface area contributed by atoms with E-state index in [2.05, 4.69) is 31.0 Å². The second kappa shape index (κ2) is 5.61. The molecule has 0 aromatic rings. The molecule has 2 nitrogen and oxygen atoms in total. The minimum absolute atomic E-state index is 0.680. The Kier molecular flexibility index (Phi) is 4.74. The van der Waals surface area contributed by atoms with Gasteiger partial charge in [0, 0.05) is 18.6 Å². The molecular formula is C11H24N2. The highest BCUT2D eigenvalue weighted by Gasteiger charge is 2.22. The lowest BCUT2D eigenvalue weighted by Crippen LogP contribution is -2.40. The fourth-order valence-electron chi connectivity index (χ4n) is 2.02. The van der Waals surface area contributed by atoms with Crippen molar-refractivity contribution in [1.82, 2.24) is 10.2 Å². The highest BCUT2D eigenvalue weighted by atomic mass is 15.2. The van der Waals surface area contributed by atoms with E-state index in [0.29, 0.717) is 6.04 Å². The lowest BCUT2D eigenvalue weighted by molar-refractivity contribution is 0.254. The van der Waals surface area contributed by atoms with Crippen LogP contribution in [0, 0.1) is 0 Å². The van der Waals surface area contributed by atoms with Crippen LogP contribution < -0.4 is 5.32 Å². The van der Waals surface area contributed by atoms with Gasteiger partial charge in [0.05, 0.1) is 0 Å². The van der Waals surface area contributed by atoms with Gasteiger partial charge in [0.2, 0.25) is 0 Å². The molecule has 0 unspecified atom stereocenters. The number of nitrogens with zero attached hydrogens (tertiary/aromatic N) is 1. The molecule has 0 aromatic heterocycles. The van der Waals surface area contributed by atoms with Crippen LogP contribution in [0.4, 0.5) is 0 Å². The first-order valence-corrected chi connectivity index (χ1v) is 5.75. The smallest absolute Gasteiger partial charge is 0.0221 e. The van der Waals surface area contributed by atoms with Gasteiger partial charge < -0.3 is 5.32 Å². The summed E-state index contributed by atoms with van der Waals surface area (Å²) in [4.78, 5) is 2.59. The molecule has 0 aromatic carbocycles. The van der Waals surface area contributed by atoms with Gasteiger partial charge in [-0.2, -0.15) is 0 Å². The Balaban J connectivity index is 2.19. The number of hydrogen-bond donors (Lipinski definition) is 1. The van der Waals surface area contributed by atoms with Crippen LogP contribution in [-0.4, -0.2) is 36.6 Å². The SMILES string of the molecule is CC[C@@H](C)NC[C@@H]1CCCN1CC. The van der Waals surface area contributed by atoms with Crippen molar-refractivity contribution in [2.24, 2.45) is 0 Å². The fraction of sp³-hybridized carbons (Fsp3) is 1.00. The van der Waals surface area contributed by atoms with Gasteiger partial charge in [-0.15, -0.1) is 0 Å². The Labute approximate surface area is 82.7 Å². The molecule has 1 aliphatic heterocycles. The number of likely N-dealkylation sites (N-methyl/N-ethyl adjacent to an activating group) is 1. The molecule has 2 atom stereocenters. The zero-order valence-corrected chi connectivity index (χ0v) is 9.34. The molecule has 13 heavy (non-hydrogen) atoms. The van der Waals surface area contributed by atoms with Gasteiger partial charge in [0.25, 0.3) is 0 Å². The number of rotatable bonds is 5. The number of hydrogen-bond acceptors (Lipinski definition) is 2. The molecule has 2 heteroatoms. The maximum atomic E-state index is 3.60. The molecule has 0 bridgehead atoms. The van der Waals surface area contributed by atoms with E-state index in [1.165, 1.54) is 38.9 Å². The lowest BCUT2D eigenvalue weighted by atomic mass is 10.2. The third-order valence-electron chi connectivity index (χ3n) is 3.22. The van der Waals surface area contributed by atoms with Crippen molar-refractivity contribution < 1.29 is 0 Å². The highest BCUT2D eigenvalue weighted by molar-refractivity contribution is 4.80. The largest absolute Gasteiger partial charge is 0.313 e. The van der Waals surface area contributed by atoms with E-state index in [1.54, 1.807) is 0 Å². The van der Waals surface area contributed by atoms with E-state index in [0.717, 1.165) is 6.04 Å². The quantitative estimate of drug-likeness (QED) is 0.701. The Morgan fingerprint density at radius 2 is 2.23 bits per heavy atom. The van der Waals surface area contributed by atoms with Gasteiger partial charge in [-0.3, -0.25) is 4.90 Å². The monoisotopic (exact) mass is 184 g/mol. The Bertz CT molecular complexity index is 136. The molecule has 0 spiro atoms. The summed E-state index contributed by atoms with van der Waals surface area (Å²) in [5.41, 5.74) is 0. The Morgan fingerprint density at radius 3 is 2.85 bits per heavy atom. The Hall–Kier alpha value is -0.0800. The molecule has 0 saturated carbocycles. The zero-order valence-electron chi connectivity index (χ0n) is 9.34. The highest BCUT2D eigenvalue weighted by Crippen LogP contribution is 2.15. The molecule has 1 aliphatic rings. The van der Waals surface area contributed by atoms with E-state index in [4.69, 9.17) is 0 Å². The van der Waals surface area contributed by atoms with Gasteiger partial charge in [-0.25, -0.2) is 0 Å². The normalized spacial score (nSPS) is 26.5. The summed E-state index contributed by atoms with van der Waals surface area (Å²) < 4.78 is 0. The van der Waals surface area contributed by atoms with Crippen LogP contribution in [-0.2, 0) is 0 Å². The average molecular weight is 184 g/mol. The first-order chi connectivity index (χ1) is 6.27. The predicted molar refractivity (Wildman–Crippen MR) is 58.0 cm³/mol. The topological polar surface area (TPSA) is 15.3 Å². The van der Waals surface area contributed by atoms with E-state index in [-0.39, 0.29) is 0 Å². The maximum Gasteiger partial charge on any atom is 0.0221 e. The van der Waals surface area contributed by atoms with Gasteiger partial charge in [-0.1, -0.05) is 13.8 Å². The van der Waals surface area contributed by atoms with Crippen molar-refractivity contribution in [2.45, 2.75) is 52.1 Å². The lowest BCUT2D eigenvalue weighted by Gasteiger charge is -2.24. The van der Waals surface area contributed by atoms with Gasteiger partial charge in [-0.05, 0) is 39.3 Å². The molecule has 1 saturated heterocycles. The van der Waals surface area contributed by atoms with E-state index in [1.807, 2.05) is 0 Å². The first kappa shape index (κ1) is 11.0. The van der Waals surface area contributed by atoms with Gasteiger partial charge in [0.1, 0.15) is 0 Å². The second-order valence-electron chi connectivity index (χ2n) is 4.14. The molecule has 1 heterocycles. The van der Waals surface area contributed by atoms with Crippen LogP contribution in [0.1, 0.15) is 40.0 Å². The van der Waals surface area contributed by atoms with Crippen LogP contribution in [0.25, 0.3) is 0 Å². The van der Waals surface area contributed by atoms with Gasteiger partial charge in [0.15, 0.2) is 0 Å². The first-order valence-electron chi connectivity index (χ1n) is 5.75. The number of nitrogens with one attached hydrogen (secondary N) is 1. The maximum absolute atomic E-state index is 3.60. The van der Waals surface area contributed by atoms with Crippen molar-refractivity contribution in [3.05, 3.63) is 0 Å². The standard InChI is InChI=1S/C11H24N2/c1-4-10(3)12-9-11-7-6-8-13(11)5-2/h10-12H,4-9H2,1-3H3/t10-,11+/m1/s1. The van der Waals surface area contributed by atoms with Crippen LogP contribution in [0.15, 0.2) is 0 Å². The van der Waals surface area contributed by atoms with Crippen molar-refractivity contribution in [1.29, 1.82) is 0 Å². The second-order valence-corrected chi connectivity index (χ2v) is 4.14. The van der Waals surface area contributed by atoms with Crippen LogP contribution in [0.5, 0.6) is 0 Å². The summed E-state index contributed by atoms with van der Waals surface area (Å²) in [6.07, 6.45) is 4.01. The van der Waals surface area contributed by atoms with Crippen molar-refractivity contribution >= 4 is 0 Å². The molecule has 1 fully saturated rings. The predicted octanol–water partition coefficient (Wildman–Crippen LogP) is 1.86. The van der Waals surface area contributed by atoms with Crippen molar-refractivity contribution in [2.75, 3.05) is 19.6 Å². The van der Waals surface area contributed by atoms with E-state index >= 15 is 0 Å². The molecule has 78 valence electrons. The third-order valence-corrected chi connectivity index (χ3v) is 3.22. The summed E-state index contributed by atoms with van der Waals surface area (Å²) in [6, 6.07) is 1.48. The molecular weight excluding hydrogens is 160 g/mol. The minimum atomic E-state index is 0.680. The van der Waals surface area contributed by atoms with E-state index < -0.39 is 0 Å². The summed E-state index contributed by atoms with van der Waals surface area (Å²) in [5.74, 6) is 0. The van der Waals surface area contributed by atoms with Crippen molar-refractivity contribution in [3.8, 4) is 0 Å². The average Bonchev–Trinajstić information content (AvgIpc) is 2.61. The Morgan fingerprint density at radius 1 is 1.46 bits per heavy atom. The van der Waals surface area contributed by atoms with Gasteiger partial charge >= 0.3 is 0 Å². The molecule has 0 aliphatic carbocycles. The molecule has 0 amide bonds. The molecule has 0 radical (unpaired) electrons. The minimum Gasteiger partial charge on any atom is -0.313 e. The summed E-state index contributed by atoms with van der Waals surface area (Å²) >= 11 is 0. The van der Waals surface area contributed by atoms with Crippen LogP contribution >= 0.6 is 0 Å². The summed E-state index contributed by atoms with van der Waals surface area (Å²) in [7, 11) is 0. The summed E-state index contributed by atoms with van der Waals surface area (Å²) in [5, 5.41) is 3.60. The summed E-state index contributed by atoms with van der Waals surface area (Å²) in [6.45, 7) is 10.5. The zero-order chi connectivity index (χ0) is 9.68. The molecule has 1 N–H and O–H groups in total. The fourth-order valence-corrected chi connectivity index (χ4v) is 2.02. The van der Waals surface area contributed by atoms with Crippen LogP contribution in [0.2, 0.25) is 0 Å². The number of likely N-dealkylation sites (tertiary alicyclic amines) is 1.